The van der Waals surface area contributed by atoms with E-state index in [0.29, 0.717) is 0 Å². The van der Waals surface area contributed by atoms with Crippen LogP contribution in [0.4, 0.5) is 0 Å². The lowest BCUT2D eigenvalue weighted by Crippen LogP contribution is -3.00. The minimum absolute atomic E-state index is 0. The van der Waals surface area contributed by atoms with Crippen LogP contribution < -0.4 is 28.5 Å². The third-order valence-electron chi connectivity index (χ3n) is 6.37. The molecule has 1 aliphatic carbocycles. The fourth-order valence-electron chi connectivity index (χ4n) is 4.88. The molecule has 0 radical (unpaired) electrons. The van der Waals surface area contributed by atoms with Crippen molar-refractivity contribution in [3.8, 4) is 28.1 Å². The predicted molar refractivity (Wildman–Crippen MR) is 146 cm³/mol. The number of halogens is 2. The molecule has 0 N–H and O–H groups in total. The van der Waals surface area contributed by atoms with Gasteiger partial charge in [0.15, 0.2) is 0 Å². The molecule has 0 fully saturated rings. The summed E-state index contributed by atoms with van der Waals surface area (Å²) in [6.45, 7) is 0. The molecular formula is C29H25ClINS2. The van der Waals surface area contributed by atoms with Gasteiger partial charge in [0.1, 0.15) is 0 Å². The van der Waals surface area contributed by atoms with Crippen molar-refractivity contribution < 1.29 is 28.5 Å². The lowest BCUT2D eigenvalue weighted by molar-refractivity contribution is -0.594. The minimum atomic E-state index is 0. The molecular weight excluding hydrogens is 589 g/mol. The lowest BCUT2D eigenvalue weighted by Gasteiger charge is -2.26. The van der Waals surface area contributed by atoms with Gasteiger partial charge < -0.3 is 24.0 Å². The van der Waals surface area contributed by atoms with Crippen LogP contribution in [0.25, 0.3) is 28.1 Å². The number of aromatic nitrogens is 1. The van der Waals surface area contributed by atoms with Crippen LogP contribution in [0.2, 0.25) is 5.02 Å². The number of thioether (sulfide) groups is 1. The van der Waals surface area contributed by atoms with Crippen molar-refractivity contribution in [2.75, 3.05) is 6.26 Å². The van der Waals surface area contributed by atoms with Gasteiger partial charge in [-0.25, -0.2) is 0 Å². The fourth-order valence-corrected chi connectivity index (χ4v) is 5.75. The largest absolute Gasteiger partial charge is 1.00 e. The third-order valence-corrected chi connectivity index (χ3v) is 8.10. The highest BCUT2D eigenvalue weighted by molar-refractivity contribution is 8.22. The molecule has 5 heteroatoms. The van der Waals surface area contributed by atoms with E-state index in [1.807, 2.05) is 12.1 Å². The van der Waals surface area contributed by atoms with Gasteiger partial charge in [0, 0.05) is 34.3 Å². The first-order valence-electron chi connectivity index (χ1n) is 11.2. The van der Waals surface area contributed by atoms with Gasteiger partial charge in [-0.1, -0.05) is 72.3 Å². The smallest absolute Gasteiger partial charge is 0.219 e. The van der Waals surface area contributed by atoms with E-state index in [1.165, 1.54) is 33.6 Å². The van der Waals surface area contributed by atoms with Gasteiger partial charge >= 0.3 is 0 Å². The Labute approximate surface area is 233 Å². The monoisotopic (exact) mass is 613 g/mol. The summed E-state index contributed by atoms with van der Waals surface area (Å²) in [5.41, 5.74) is 8.77. The topological polar surface area (TPSA) is 3.88 Å². The Kier molecular flexibility index (Phi) is 8.46. The Morgan fingerprint density at radius 1 is 0.912 bits per heavy atom. The van der Waals surface area contributed by atoms with Crippen LogP contribution in [0.15, 0.2) is 91.0 Å². The van der Waals surface area contributed by atoms with Crippen LogP contribution in [0, 0.1) is 0 Å². The lowest BCUT2D eigenvalue weighted by atomic mass is 9.82. The molecule has 172 valence electrons. The zero-order valence-electron chi connectivity index (χ0n) is 18.9. The minimum Gasteiger partial charge on any atom is -1.00 e. The molecule has 1 aliphatic rings. The normalized spacial score (nSPS) is 14.7. The second kappa shape index (κ2) is 11.3. The maximum Gasteiger partial charge on any atom is 0.219 e. The van der Waals surface area contributed by atoms with Crippen molar-refractivity contribution >= 4 is 39.8 Å². The van der Waals surface area contributed by atoms with Gasteiger partial charge in [0.2, 0.25) is 17.1 Å². The van der Waals surface area contributed by atoms with Gasteiger partial charge in [-0.2, -0.15) is 4.57 Å². The molecule has 4 aromatic rings. The van der Waals surface area contributed by atoms with Crippen molar-refractivity contribution in [3.63, 3.8) is 0 Å². The molecule has 0 spiro atoms. The van der Waals surface area contributed by atoms with Crippen molar-refractivity contribution in [2.24, 2.45) is 0 Å². The number of fused-ring (bicyclic) bond motifs is 1. The first-order chi connectivity index (χ1) is 16.2. The number of hydrogen-bond acceptors (Lipinski definition) is 2. The summed E-state index contributed by atoms with van der Waals surface area (Å²) in [5, 5.41) is 0.742. The van der Waals surface area contributed by atoms with Crippen LogP contribution in [-0.4, -0.2) is 10.5 Å². The highest BCUT2D eigenvalue weighted by Crippen LogP contribution is 2.40. The number of rotatable bonds is 4. The van der Waals surface area contributed by atoms with Gasteiger partial charge in [-0.15, -0.1) is 11.8 Å². The third kappa shape index (κ3) is 4.97. The molecule has 1 aromatic heterocycles. The summed E-state index contributed by atoms with van der Waals surface area (Å²) in [5.74, 6) is 0.223. The van der Waals surface area contributed by atoms with Crippen LogP contribution in [0.3, 0.4) is 0 Å². The maximum absolute atomic E-state index is 6.27. The van der Waals surface area contributed by atoms with E-state index in [9.17, 15) is 0 Å². The second-order valence-corrected chi connectivity index (χ2v) is 10.3. The van der Waals surface area contributed by atoms with Crippen molar-refractivity contribution in [1.82, 2.24) is 0 Å². The Morgan fingerprint density at radius 3 is 2.15 bits per heavy atom. The average Bonchev–Trinajstić information content (AvgIpc) is 2.88. The summed E-state index contributed by atoms with van der Waals surface area (Å²) in [4.78, 5) is 0. The van der Waals surface area contributed by atoms with E-state index in [1.54, 1.807) is 11.8 Å². The average molecular weight is 614 g/mol. The molecule has 5 rings (SSSR count). The zero-order valence-corrected chi connectivity index (χ0v) is 23.4. The molecule has 0 saturated carbocycles. The first-order valence-corrected chi connectivity index (χ1v) is 13.2. The maximum atomic E-state index is 6.27. The molecule has 1 heterocycles. The summed E-state index contributed by atoms with van der Waals surface area (Å²) in [6.07, 6.45) is 5.37. The van der Waals surface area contributed by atoms with Crippen LogP contribution >= 0.6 is 35.6 Å². The molecule has 34 heavy (non-hydrogen) atoms. The molecule has 0 saturated heterocycles. The number of nitrogens with zero attached hydrogens (tertiary/aromatic N) is 1. The Bertz CT molecular complexity index is 1290. The van der Waals surface area contributed by atoms with Gasteiger partial charge in [-0.05, 0) is 60.9 Å². The van der Waals surface area contributed by atoms with E-state index in [-0.39, 0.29) is 29.9 Å². The van der Waals surface area contributed by atoms with Gasteiger partial charge in [-0.3, -0.25) is 0 Å². The zero-order chi connectivity index (χ0) is 22.8. The first kappa shape index (κ1) is 25.4. The summed E-state index contributed by atoms with van der Waals surface area (Å²) in [6, 6.07) is 32.0. The molecule has 1 atom stereocenters. The van der Waals surface area contributed by atoms with Gasteiger partial charge in [0.05, 0.1) is 10.1 Å². The predicted octanol–water partition coefficient (Wildman–Crippen LogP) is 5.07. The Balaban J connectivity index is 0.00000274. The van der Waals surface area contributed by atoms with E-state index < -0.39 is 0 Å². The number of thiocarbonyl (C=S) groups is 1. The SMILES string of the molecule is CSC(=S)C1CCCc2c(-c3ccccc3)cc(-c3ccccc3)[n+](-c3ccc(Cl)cc3)c21.[I-]. The highest BCUT2D eigenvalue weighted by Gasteiger charge is 2.37. The Hall–Kier alpha value is -1.73. The molecule has 1 nitrogen and oxygen atoms in total. The van der Waals surface area contributed by atoms with Gasteiger partial charge in [0.25, 0.3) is 0 Å². The second-order valence-electron chi connectivity index (χ2n) is 8.32. The molecule has 3 aromatic carbocycles. The van der Waals surface area contributed by atoms with Crippen LogP contribution in [-0.2, 0) is 6.42 Å². The summed E-state index contributed by atoms with van der Waals surface area (Å²) in [7, 11) is 0. The van der Waals surface area contributed by atoms with Crippen LogP contribution in [0.5, 0.6) is 0 Å². The van der Waals surface area contributed by atoms with E-state index in [4.69, 9.17) is 23.8 Å². The van der Waals surface area contributed by atoms with E-state index >= 15 is 0 Å². The quantitative estimate of drug-likeness (QED) is 0.180. The number of benzene rings is 3. The molecule has 0 aliphatic heterocycles. The van der Waals surface area contributed by atoms with Crippen molar-refractivity contribution in [1.29, 1.82) is 0 Å². The number of pyridine rings is 1. The van der Waals surface area contributed by atoms with E-state index in [2.05, 4.69) is 89.7 Å². The molecule has 0 bridgehead atoms. The Morgan fingerprint density at radius 2 is 1.53 bits per heavy atom. The summed E-state index contributed by atoms with van der Waals surface area (Å²) >= 11 is 13.9. The van der Waals surface area contributed by atoms with Crippen molar-refractivity contribution in [3.05, 3.63) is 107 Å². The van der Waals surface area contributed by atoms with Crippen molar-refractivity contribution in [2.45, 2.75) is 25.2 Å². The van der Waals surface area contributed by atoms with E-state index in [0.717, 1.165) is 34.2 Å². The summed E-state index contributed by atoms with van der Waals surface area (Å²) < 4.78 is 3.49. The molecule has 1 unspecified atom stereocenters. The highest BCUT2D eigenvalue weighted by atomic mass is 127. The fraction of sp³-hybridized carbons (Fsp3) is 0.172. The van der Waals surface area contributed by atoms with Crippen LogP contribution in [0.1, 0.15) is 30.0 Å². The number of hydrogen-bond donors (Lipinski definition) is 0. The standard InChI is InChI=1S/C29H25ClNS2.HI/c1-33-29(32)25-14-8-13-24-26(20-9-4-2-5-10-20)19-27(21-11-6-3-7-12-21)31(28(24)25)23-17-15-22(30)16-18-23;/h2-7,9-12,15-19,25H,8,13-14H2,1H3;1H/q+1;/p-1. The molecule has 0 amide bonds.